The normalized spacial score (nSPS) is 16.6. The van der Waals surface area contributed by atoms with Gasteiger partial charge in [-0.2, -0.15) is 0 Å². The van der Waals surface area contributed by atoms with Crippen LogP contribution in [0.2, 0.25) is 0 Å². The van der Waals surface area contributed by atoms with Gasteiger partial charge in [0.05, 0.1) is 5.69 Å². The molecule has 1 aromatic carbocycles. The first-order chi connectivity index (χ1) is 10.2. The summed E-state index contributed by atoms with van der Waals surface area (Å²) in [5, 5.41) is 7.37. The molecular weight excluding hydrogens is 282 g/mol. The third kappa shape index (κ3) is 2.87. The Morgan fingerprint density at radius 1 is 1.10 bits per heavy atom. The van der Waals surface area contributed by atoms with Crippen LogP contribution in [0.3, 0.4) is 0 Å². The molecule has 3 rings (SSSR count). The van der Waals surface area contributed by atoms with Crippen molar-refractivity contribution in [3.8, 4) is 5.69 Å². The Hall–Kier alpha value is -1.66. The molecule has 0 atom stereocenters. The standard InChI is InChI=1S/C15H21N5S/c1-12(2)18-8-10-19(11-9-18)14-16-17-15(21)20(14)13-6-4-3-5-7-13/h3-7,12H,8-11H2,1-2H3,(H,17,21). The Bertz CT molecular complexity index is 638. The third-order valence-corrected chi connectivity index (χ3v) is 4.27. The van der Waals surface area contributed by atoms with Crippen LogP contribution in [0.25, 0.3) is 5.69 Å². The van der Waals surface area contributed by atoms with Crippen molar-refractivity contribution >= 4 is 18.2 Å². The maximum absolute atomic E-state index is 5.40. The maximum Gasteiger partial charge on any atom is 0.230 e. The minimum Gasteiger partial charge on any atom is -0.338 e. The van der Waals surface area contributed by atoms with Crippen molar-refractivity contribution in [1.82, 2.24) is 19.7 Å². The number of nitrogens with zero attached hydrogens (tertiary/aromatic N) is 4. The molecule has 2 aromatic rings. The summed E-state index contributed by atoms with van der Waals surface area (Å²) < 4.78 is 2.66. The summed E-state index contributed by atoms with van der Waals surface area (Å²) in [5.41, 5.74) is 1.05. The van der Waals surface area contributed by atoms with Gasteiger partial charge in [-0.3, -0.25) is 9.47 Å². The predicted molar refractivity (Wildman–Crippen MR) is 87.7 cm³/mol. The Balaban J connectivity index is 1.86. The van der Waals surface area contributed by atoms with Gasteiger partial charge in [0.25, 0.3) is 0 Å². The van der Waals surface area contributed by atoms with Gasteiger partial charge in [0, 0.05) is 32.2 Å². The van der Waals surface area contributed by atoms with Gasteiger partial charge in [0.2, 0.25) is 10.7 Å². The molecule has 1 aliphatic rings. The molecule has 1 saturated heterocycles. The van der Waals surface area contributed by atoms with Crippen LogP contribution in [0.1, 0.15) is 13.8 Å². The lowest BCUT2D eigenvalue weighted by molar-refractivity contribution is 0.208. The molecule has 0 bridgehead atoms. The van der Waals surface area contributed by atoms with E-state index in [4.69, 9.17) is 12.2 Å². The van der Waals surface area contributed by atoms with Gasteiger partial charge in [-0.05, 0) is 38.2 Å². The number of anilines is 1. The fourth-order valence-corrected chi connectivity index (χ4v) is 2.98. The van der Waals surface area contributed by atoms with E-state index >= 15 is 0 Å². The highest BCUT2D eigenvalue weighted by atomic mass is 32.1. The number of para-hydroxylation sites is 1. The first-order valence-electron chi connectivity index (χ1n) is 7.38. The number of piperazine rings is 1. The molecule has 0 amide bonds. The lowest BCUT2D eigenvalue weighted by Crippen LogP contribution is -2.49. The van der Waals surface area contributed by atoms with Crippen molar-refractivity contribution < 1.29 is 0 Å². The number of aromatic amines is 1. The zero-order valence-electron chi connectivity index (χ0n) is 12.5. The molecule has 112 valence electrons. The molecule has 1 fully saturated rings. The van der Waals surface area contributed by atoms with Gasteiger partial charge >= 0.3 is 0 Å². The van der Waals surface area contributed by atoms with Gasteiger partial charge in [-0.15, -0.1) is 5.10 Å². The fraction of sp³-hybridized carbons (Fsp3) is 0.467. The van der Waals surface area contributed by atoms with Crippen LogP contribution in [0.15, 0.2) is 30.3 Å². The van der Waals surface area contributed by atoms with E-state index < -0.39 is 0 Å². The number of rotatable bonds is 3. The van der Waals surface area contributed by atoms with E-state index in [1.54, 1.807) is 0 Å². The highest BCUT2D eigenvalue weighted by Crippen LogP contribution is 2.20. The summed E-state index contributed by atoms with van der Waals surface area (Å²) in [4.78, 5) is 4.79. The Kier molecular flexibility index (Phi) is 4.07. The summed E-state index contributed by atoms with van der Waals surface area (Å²) >= 11 is 5.40. The minimum absolute atomic E-state index is 0.599. The second-order valence-electron chi connectivity index (χ2n) is 5.62. The van der Waals surface area contributed by atoms with E-state index in [1.807, 2.05) is 22.8 Å². The smallest absolute Gasteiger partial charge is 0.230 e. The van der Waals surface area contributed by atoms with Crippen molar-refractivity contribution in [2.75, 3.05) is 31.1 Å². The lowest BCUT2D eigenvalue weighted by Gasteiger charge is -2.37. The quantitative estimate of drug-likeness (QED) is 0.884. The highest BCUT2D eigenvalue weighted by Gasteiger charge is 2.22. The largest absolute Gasteiger partial charge is 0.338 e. The zero-order valence-corrected chi connectivity index (χ0v) is 13.3. The monoisotopic (exact) mass is 303 g/mol. The van der Waals surface area contributed by atoms with E-state index in [2.05, 4.69) is 46.0 Å². The number of nitrogens with one attached hydrogen (secondary N) is 1. The van der Waals surface area contributed by atoms with Gasteiger partial charge < -0.3 is 4.90 Å². The first-order valence-corrected chi connectivity index (χ1v) is 7.79. The Morgan fingerprint density at radius 2 is 1.76 bits per heavy atom. The summed E-state index contributed by atoms with van der Waals surface area (Å²) in [7, 11) is 0. The number of aromatic nitrogens is 3. The molecule has 1 aliphatic heterocycles. The molecular formula is C15H21N5S. The first kappa shape index (κ1) is 14.3. The van der Waals surface area contributed by atoms with Crippen molar-refractivity contribution in [3.63, 3.8) is 0 Å². The summed E-state index contributed by atoms with van der Waals surface area (Å²) in [6.45, 7) is 8.57. The third-order valence-electron chi connectivity index (χ3n) is 4.00. The van der Waals surface area contributed by atoms with Crippen molar-refractivity contribution in [2.24, 2.45) is 0 Å². The molecule has 0 aliphatic carbocycles. The second-order valence-corrected chi connectivity index (χ2v) is 6.00. The Morgan fingerprint density at radius 3 is 2.38 bits per heavy atom. The summed E-state index contributed by atoms with van der Waals surface area (Å²) in [5.74, 6) is 0.912. The molecule has 2 heterocycles. The van der Waals surface area contributed by atoms with Crippen LogP contribution in [-0.4, -0.2) is 51.9 Å². The molecule has 5 nitrogen and oxygen atoms in total. The van der Waals surface area contributed by atoms with Crippen molar-refractivity contribution in [1.29, 1.82) is 0 Å². The molecule has 21 heavy (non-hydrogen) atoms. The average molecular weight is 303 g/mol. The highest BCUT2D eigenvalue weighted by molar-refractivity contribution is 7.71. The topological polar surface area (TPSA) is 40.1 Å². The van der Waals surface area contributed by atoms with Crippen LogP contribution < -0.4 is 4.90 Å². The van der Waals surface area contributed by atoms with Gasteiger partial charge in [0.15, 0.2) is 0 Å². The maximum atomic E-state index is 5.40. The number of hydrogen-bond acceptors (Lipinski definition) is 4. The Labute approximate surface area is 130 Å². The van der Waals surface area contributed by atoms with Gasteiger partial charge in [-0.25, -0.2) is 5.10 Å². The zero-order chi connectivity index (χ0) is 14.8. The second kappa shape index (κ2) is 5.99. The minimum atomic E-state index is 0.599. The molecule has 0 radical (unpaired) electrons. The fourth-order valence-electron chi connectivity index (χ4n) is 2.75. The molecule has 0 saturated carbocycles. The molecule has 0 unspecified atom stereocenters. The number of benzene rings is 1. The lowest BCUT2D eigenvalue weighted by atomic mass is 10.2. The number of hydrogen-bond donors (Lipinski definition) is 1. The average Bonchev–Trinajstić information content (AvgIpc) is 2.90. The van der Waals surface area contributed by atoms with Crippen LogP contribution >= 0.6 is 12.2 Å². The molecule has 1 N–H and O–H groups in total. The predicted octanol–water partition coefficient (Wildman–Crippen LogP) is 2.46. The number of H-pyrrole nitrogens is 1. The van der Waals surface area contributed by atoms with E-state index in [9.17, 15) is 0 Å². The van der Waals surface area contributed by atoms with Crippen molar-refractivity contribution in [3.05, 3.63) is 35.1 Å². The van der Waals surface area contributed by atoms with Crippen molar-refractivity contribution in [2.45, 2.75) is 19.9 Å². The van der Waals surface area contributed by atoms with E-state index in [1.165, 1.54) is 0 Å². The van der Waals surface area contributed by atoms with Gasteiger partial charge in [0.1, 0.15) is 0 Å². The van der Waals surface area contributed by atoms with E-state index in [0.717, 1.165) is 37.8 Å². The molecule has 6 heteroatoms. The van der Waals surface area contributed by atoms with Crippen LogP contribution in [0.5, 0.6) is 0 Å². The SMILES string of the molecule is CC(C)N1CCN(c2n[nH]c(=S)n2-c2ccccc2)CC1. The molecule has 1 aromatic heterocycles. The molecule has 0 spiro atoms. The van der Waals surface area contributed by atoms with E-state index in [-0.39, 0.29) is 0 Å². The van der Waals surface area contributed by atoms with Crippen LogP contribution in [0.4, 0.5) is 5.95 Å². The van der Waals surface area contributed by atoms with Crippen LogP contribution in [0, 0.1) is 4.77 Å². The summed E-state index contributed by atoms with van der Waals surface area (Å²) in [6, 6.07) is 10.8. The van der Waals surface area contributed by atoms with E-state index in [0.29, 0.717) is 10.8 Å². The van der Waals surface area contributed by atoms with Crippen LogP contribution in [-0.2, 0) is 0 Å². The summed E-state index contributed by atoms with van der Waals surface area (Å²) in [6.07, 6.45) is 0. The van der Waals surface area contributed by atoms with Gasteiger partial charge in [-0.1, -0.05) is 18.2 Å².